The van der Waals surface area contributed by atoms with E-state index in [0.717, 1.165) is 27.9 Å². The number of thioether (sulfide) groups is 1. The molecule has 0 N–H and O–H groups in total. The van der Waals surface area contributed by atoms with E-state index in [-0.39, 0.29) is 17.7 Å². The van der Waals surface area contributed by atoms with Gasteiger partial charge in [0.2, 0.25) is 0 Å². The lowest BCUT2D eigenvalue weighted by molar-refractivity contribution is -0.130. The Balaban J connectivity index is 1.60. The highest BCUT2D eigenvalue weighted by Crippen LogP contribution is 2.38. The Morgan fingerprint density at radius 3 is 2.81 bits per heavy atom. The minimum absolute atomic E-state index is 0.0537. The van der Waals surface area contributed by atoms with E-state index in [4.69, 9.17) is 14.6 Å². The van der Waals surface area contributed by atoms with Gasteiger partial charge in [-0.05, 0) is 36.1 Å². The fourth-order valence-electron chi connectivity index (χ4n) is 3.52. The highest BCUT2D eigenvalue weighted by Gasteiger charge is 2.34. The number of hydrogen-bond acceptors (Lipinski definition) is 7. The van der Waals surface area contributed by atoms with Gasteiger partial charge in [0.05, 0.1) is 36.6 Å². The molecule has 0 fully saturated rings. The minimum Gasteiger partial charge on any atom is -0.493 e. The lowest BCUT2D eigenvalue weighted by Gasteiger charge is -2.23. The molecule has 0 saturated carbocycles. The van der Waals surface area contributed by atoms with Crippen LogP contribution >= 0.6 is 23.1 Å². The predicted octanol–water partition coefficient (Wildman–Crippen LogP) is 4.45. The predicted molar refractivity (Wildman–Crippen MR) is 123 cm³/mol. The lowest BCUT2D eigenvalue weighted by atomic mass is 10.0. The van der Waals surface area contributed by atoms with E-state index in [0.29, 0.717) is 17.9 Å². The zero-order valence-corrected chi connectivity index (χ0v) is 19.3. The molecule has 0 bridgehead atoms. The number of ether oxygens (including phenoxy) is 2. The molecule has 1 amide bonds. The van der Waals surface area contributed by atoms with Crippen molar-refractivity contribution in [1.29, 1.82) is 0 Å². The quantitative estimate of drug-likeness (QED) is 0.469. The average molecular weight is 457 g/mol. The van der Waals surface area contributed by atoms with Crippen LogP contribution < -0.4 is 9.47 Å². The molecule has 0 saturated heterocycles. The number of hydrazone groups is 1. The molecule has 4 rings (SSSR count). The zero-order chi connectivity index (χ0) is 21.8. The van der Waals surface area contributed by atoms with Crippen molar-refractivity contribution < 1.29 is 14.3 Å². The number of hydrogen-bond donors (Lipinski definition) is 0. The molecule has 31 heavy (non-hydrogen) atoms. The molecule has 1 unspecified atom stereocenters. The first-order chi connectivity index (χ1) is 15.1. The van der Waals surface area contributed by atoms with Crippen molar-refractivity contribution in [2.75, 3.05) is 20.0 Å². The van der Waals surface area contributed by atoms with Gasteiger partial charge < -0.3 is 14.0 Å². The van der Waals surface area contributed by atoms with E-state index in [2.05, 4.69) is 11.9 Å². The molecule has 1 aliphatic rings. The van der Waals surface area contributed by atoms with Crippen LogP contribution in [0.4, 0.5) is 0 Å². The fourth-order valence-corrected chi connectivity index (χ4v) is 5.12. The number of imidazole rings is 1. The number of methoxy groups -OCH3 is 2. The number of rotatable bonds is 8. The molecule has 1 aliphatic heterocycles. The first-order valence-corrected chi connectivity index (χ1v) is 11.8. The summed E-state index contributed by atoms with van der Waals surface area (Å²) in [6, 6.07) is 9.60. The molecule has 3 aromatic rings. The van der Waals surface area contributed by atoms with Gasteiger partial charge in [0.1, 0.15) is 0 Å². The number of carbonyl (C=O) groups is 1. The topological polar surface area (TPSA) is 69.0 Å². The third-order valence-electron chi connectivity index (χ3n) is 5.11. The van der Waals surface area contributed by atoms with Gasteiger partial charge in [0.25, 0.3) is 5.91 Å². The van der Waals surface area contributed by atoms with Gasteiger partial charge in [-0.3, -0.25) is 4.79 Å². The molecule has 0 aliphatic carbocycles. The van der Waals surface area contributed by atoms with Crippen molar-refractivity contribution in [3.05, 3.63) is 58.5 Å². The maximum Gasteiger partial charge on any atom is 0.253 e. The van der Waals surface area contributed by atoms with E-state index in [1.54, 1.807) is 36.8 Å². The van der Waals surface area contributed by atoms with Crippen molar-refractivity contribution in [3.8, 4) is 11.5 Å². The van der Waals surface area contributed by atoms with Crippen LogP contribution in [0, 0.1) is 0 Å². The Morgan fingerprint density at radius 2 is 2.10 bits per heavy atom. The number of carbonyl (C=O) groups excluding carboxylic acids is 1. The number of aromatic nitrogens is 2. The van der Waals surface area contributed by atoms with E-state index in [9.17, 15) is 4.79 Å². The molecule has 3 heterocycles. The van der Waals surface area contributed by atoms with Crippen LogP contribution in [0.2, 0.25) is 0 Å². The van der Waals surface area contributed by atoms with Crippen molar-refractivity contribution in [2.45, 2.75) is 31.1 Å². The van der Waals surface area contributed by atoms with Crippen LogP contribution in [0.3, 0.4) is 0 Å². The second kappa shape index (κ2) is 9.57. The summed E-state index contributed by atoms with van der Waals surface area (Å²) in [5, 5.41) is 9.20. The fraction of sp³-hybridized carbons (Fsp3) is 0.318. The minimum atomic E-state index is -0.198. The number of amides is 1. The lowest BCUT2D eigenvalue weighted by Crippen LogP contribution is -2.28. The van der Waals surface area contributed by atoms with Gasteiger partial charge in [-0.1, -0.05) is 23.9 Å². The van der Waals surface area contributed by atoms with Crippen LogP contribution in [-0.2, 0) is 11.3 Å². The molecule has 1 atom stereocenters. The number of aryl methyl sites for hydroxylation is 1. The van der Waals surface area contributed by atoms with Crippen molar-refractivity contribution >= 4 is 34.7 Å². The van der Waals surface area contributed by atoms with Gasteiger partial charge in [0, 0.05) is 25.4 Å². The maximum atomic E-state index is 13.2. The van der Waals surface area contributed by atoms with Crippen LogP contribution in [-0.4, -0.2) is 46.2 Å². The molecular weight excluding hydrogens is 432 g/mol. The highest BCUT2D eigenvalue weighted by atomic mass is 32.2. The number of thiophene rings is 1. The zero-order valence-electron chi connectivity index (χ0n) is 17.6. The second-order valence-electron chi connectivity index (χ2n) is 6.88. The standard InChI is InChI=1S/C22H24N4O3S2/c1-4-25-10-9-23-22(25)31-14-21(27)26-17(13-16(24-26)20-6-5-11-30-20)15-7-8-18(28-2)19(12-15)29-3/h5-12,17H,4,13-14H2,1-3H3. The Bertz CT molecular complexity index is 1080. The molecule has 0 spiro atoms. The maximum absolute atomic E-state index is 13.2. The Morgan fingerprint density at radius 1 is 1.26 bits per heavy atom. The van der Waals surface area contributed by atoms with Gasteiger partial charge in [-0.2, -0.15) is 5.10 Å². The average Bonchev–Trinajstić information content (AvgIpc) is 3.56. The molecule has 162 valence electrons. The smallest absolute Gasteiger partial charge is 0.253 e. The molecule has 9 heteroatoms. The summed E-state index contributed by atoms with van der Waals surface area (Å²) in [5.74, 6) is 1.50. The highest BCUT2D eigenvalue weighted by molar-refractivity contribution is 7.99. The number of nitrogens with zero attached hydrogens (tertiary/aromatic N) is 4. The molecule has 1 aromatic carbocycles. The first kappa shape index (κ1) is 21.5. The largest absolute Gasteiger partial charge is 0.493 e. The third-order valence-corrected chi connectivity index (χ3v) is 7.01. The second-order valence-corrected chi connectivity index (χ2v) is 8.77. The van der Waals surface area contributed by atoms with Crippen LogP contribution in [0.25, 0.3) is 0 Å². The van der Waals surface area contributed by atoms with E-state index in [1.807, 2.05) is 46.5 Å². The molecular formula is C22H24N4O3S2. The summed E-state index contributed by atoms with van der Waals surface area (Å²) in [4.78, 5) is 18.7. The molecule has 2 aromatic heterocycles. The molecule has 0 radical (unpaired) electrons. The van der Waals surface area contributed by atoms with Crippen LogP contribution in [0.5, 0.6) is 11.5 Å². The van der Waals surface area contributed by atoms with Crippen molar-refractivity contribution in [2.24, 2.45) is 5.10 Å². The Kier molecular flexibility index (Phi) is 6.62. The SMILES string of the molecule is CCn1ccnc1SCC(=O)N1N=C(c2cccs2)CC1c1ccc(OC)c(OC)c1. The van der Waals surface area contributed by atoms with Crippen molar-refractivity contribution in [1.82, 2.24) is 14.6 Å². The van der Waals surface area contributed by atoms with E-state index < -0.39 is 0 Å². The van der Waals surface area contributed by atoms with E-state index >= 15 is 0 Å². The van der Waals surface area contributed by atoms with Crippen LogP contribution in [0.1, 0.15) is 29.8 Å². The summed E-state index contributed by atoms with van der Waals surface area (Å²) in [6.45, 7) is 2.87. The van der Waals surface area contributed by atoms with Crippen LogP contribution in [0.15, 0.2) is 58.4 Å². The summed E-state index contributed by atoms with van der Waals surface area (Å²) >= 11 is 3.06. The monoisotopic (exact) mass is 456 g/mol. The Labute approximate surface area is 189 Å². The molecule has 7 nitrogen and oxygen atoms in total. The van der Waals surface area contributed by atoms with Crippen molar-refractivity contribution in [3.63, 3.8) is 0 Å². The first-order valence-electron chi connectivity index (χ1n) is 9.93. The third kappa shape index (κ3) is 4.47. The van der Waals surface area contributed by atoms with Gasteiger partial charge in [-0.25, -0.2) is 9.99 Å². The summed E-state index contributed by atoms with van der Waals surface area (Å²) in [5.41, 5.74) is 1.88. The number of benzene rings is 1. The van der Waals surface area contributed by atoms with Gasteiger partial charge in [-0.15, -0.1) is 11.3 Å². The summed E-state index contributed by atoms with van der Waals surface area (Å²) in [7, 11) is 3.22. The van der Waals surface area contributed by atoms with Gasteiger partial charge in [0.15, 0.2) is 16.7 Å². The Hall–Kier alpha value is -2.78. The van der Waals surface area contributed by atoms with E-state index in [1.165, 1.54) is 11.8 Å². The summed E-state index contributed by atoms with van der Waals surface area (Å²) in [6.07, 6.45) is 4.32. The summed E-state index contributed by atoms with van der Waals surface area (Å²) < 4.78 is 12.9. The van der Waals surface area contributed by atoms with Gasteiger partial charge >= 0.3 is 0 Å². The normalized spacial score (nSPS) is 15.8.